The zero-order valence-electron chi connectivity index (χ0n) is 16.4. The molecule has 0 spiro atoms. The van der Waals surface area contributed by atoms with E-state index in [0.29, 0.717) is 12.5 Å². The number of piperidine rings is 1. The molecular formula is C21H34N4O. The molecule has 0 aromatic heterocycles. The first-order valence-electron chi connectivity index (χ1n) is 10.2. The van der Waals surface area contributed by atoms with E-state index in [0.717, 1.165) is 58.8 Å². The van der Waals surface area contributed by atoms with Crippen LogP contribution in [0.15, 0.2) is 24.3 Å². The number of hydrogen-bond acceptors (Lipinski definition) is 3. The summed E-state index contributed by atoms with van der Waals surface area (Å²) in [6.07, 6.45) is 2.35. The normalized spacial score (nSPS) is 22.4. The monoisotopic (exact) mass is 358 g/mol. The average molecular weight is 359 g/mol. The molecule has 0 saturated carbocycles. The molecule has 0 bridgehead atoms. The lowest BCUT2D eigenvalue weighted by Crippen LogP contribution is -2.46. The van der Waals surface area contributed by atoms with Crippen molar-refractivity contribution in [2.45, 2.75) is 39.8 Å². The lowest BCUT2D eigenvalue weighted by molar-refractivity contribution is 0.131. The van der Waals surface area contributed by atoms with Crippen LogP contribution in [0.25, 0.3) is 0 Å². The molecule has 1 atom stereocenters. The molecule has 1 N–H and O–H groups in total. The van der Waals surface area contributed by atoms with Crippen molar-refractivity contribution in [2.24, 2.45) is 5.92 Å². The van der Waals surface area contributed by atoms with Gasteiger partial charge in [0.25, 0.3) is 0 Å². The van der Waals surface area contributed by atoms with E-state index in [1.54, 1.807) is 0 Å². The van der Waals surface area contributed by atoms with Crippen LogP contribution in [0.3, 0.4) is 0 Å². The summed E-state index contributed by atoms with van der Waals surface area (Å²) in [4.78, 5) is 19.5. The fraction of sp³-hybridized carbons (Fsp3) is 0.667. The maximum Gasteiger partial charge on any atom is 0.317 e. The number of nitrogens with zero attached hydrogens (tertiary/aromatic N) is 3. The van der Waals surface area contributed by atoms with Crippen molar-refractivity contribution >= 4 is 6.03 Å². The Hall–Kier alpha value is -1.59. The van der Waals surface area contributed by atoms with Crippen LogP contribution in [0.4, 0.5) is 4.79 Å². The maximum atomic E-state index is 12.5. The highest BCUT2D eigenvalue weighted by molar-refractivity contribution is 5.74. The van der Waals surface area contributed by atoms with E-state index >= 15 is 0 Å². The van der Waals surface area contributed by atoms with Gasteiger partial charge in [0, 0.05) is 52.4 Å². The lowest BCUT2D eigenvalue weighted by atomic mass is 10.0. The second-order valence-corrected chi connectivity index (χ2v) is 7.83. The molecule has 5 heteroatoms. The fourth-order valence-electron chi connectivity index (χ4n) is 4.05. The summed E-state index contributed by atoms with van der Waals surface area (Å²) in [5, 5.41) is 3.14. The van der Waals surface area contributed by atoms with Crippen LogP contribution in [0.2, 0.25) is 0 Å². The van der Waals surface area contributed by atoms with Crippen LogP contribution in [-0.4, -0.2) is 66.5 Å². The predicted octanol–water partition coefficient (Wildman–Crippen LogP) is 2.77. The summed E-state index contributed by atoms with van der Waals surface area (Å²) in [6, 6.07) is 8.62. The number of urea groups is 1. The van der Waals surface area contributed by atoms with E-state index in [1.165, 1.54) is 17.5 Å². The number of carbonyl (C=O) groups excluding carboxylic acids is 1. The topological polar surface area (TPSA) is 38.8 Å². The van der Waals surface area contributed by atoms with Gasteiger partial charge in [0.1, 0.15) is 0 Å². The van der Waals surface area contributed by atoms with Crippen molar-refractivity contribution in [3.05, 3.63) is 35.4 Å². The Morgan fingerprint density at radius 2 is 1.77 bits per heavy atom. The number of carbonyl (C=O) groups is 1. The lowest BCUT2D eigenvalue weighted by Gasteiger charge is -2.34. The van der Waals surface area contributed by atoms with Gasteiger partial charge in [-0.1, -0.05) is 38.1 Å². The molecule has 2 aliphatic heterocycles. The molecule has 1 aromatic carbocycles. The Kier molecular flexibility index (Phi) is 6.92. The molecule has 2 heterocycles. The van der Waals surface area contributed by atoms with Crippen LogP contribution in [0.1, 0.15) is 37.8 Å². The molecule has 26 heavy (non-hydrogen) atoms. The van der Waals surface area contributed by atoms with Gasteiger partial charge in [-0.25, -0.2) is 4.79 Å². The standard InChI is InChI=1S/C21H34N4O/c1-3-23-11-13-24(14-12-23)17-20-9-5-4-8-19(20)15-22-21(26)25-10-6-7-18(2)16-25/h4-5,8-9,18H,3,6-7,10-17H2,1-2H3,(H,22,26). The molecular weight excluding hydrogens is 324 g/mol. The smallest absolute Gasteiger partial charge is 0.317 e. The van der Waals surface area contributed by atoms with Crippen molar-refractivity contribution in [3.8, 4) is 0 Å². The summed E-state index contributed by atoms with van der Waals surface area (Å²) in [5.74, 6) is 0.614. The van der Waals surface area contributed by atoms with Crippen LogP contribution < -0.4 is 5.32 Å². The van der Waals surface area contributed by atoms with Crippen molar-refractivity contribution in [2.75, 3.05) is 45.8 Å². The summed E-state index contributed by atoms with van der Waals surface area (Å²) in [5.41, 5.74) is 2.58. The van der Waals surface area contributed by atoms with E-state index in [4.69, 9.17) is 0 Å². The second kappa shape index (κ2) is 9.38. The minimum Gasteiger partial charge on any atom is -0.334 e. The molecule has 2 saturated heterocycles. The average Bonchev–Trinajstić information content (AvgIpc) is 2.67. The SMILES string of the molecule is CCN1CCN(Cc2ccccc2CNC(=O)N2CCCC(C)C2)CC1. The zero-order chi connectivity index (χ0) is 18.4. The van der Waals surface area contributed by atoms with Gasteiger partial charge in [-0.15, -0.1) is 0 Å². The van der Waals surface area contributed by atoms with Gasteiger partial charge in [-0.2, -0.15) is 0 Å². The first-order chi connectivity index (χ1) is 12.7. The van der Waals surface area contributed by atoms with Crippen molar-refractivity contribution in [3.63, 3.8) is 0 Å². The third-order valence-electron chi connectivity index (χ3n) is 5.80. The highest BCUT2D eigenvalue weighted by Gasteiger charge is 2.21. The first-order valence-corrected chi connectivity index (χ1v) is 10.2. The van der Waals surface area contributed by atoms with E-state index in [-0.39, 0.29) is 6.03 Å². The highest BCUT2D eigenvalue weighted by Crippen LogP contribution is 2.16. The number of likely N-dealkylation sites (tertiary alicyclic amines) is 1. The minimum absolute atomic E-state index is 0.0860. The van der Waals surface area contributed by atoms with Crippen LogP contribution in [0, 0.1) is 5.92 Å². The first kappa shape index (κ1) is 19.2. The molecule has 5 nitrogen and oxygen atoms in total. The number of hydrogen-bond donors (Lipinski definition) is 1. The van der Waals surface area contributed by atoms with Crippen LogP contribution in [0.5, 0.6) is 0 Å². The molecule has 0 radical (unpaired) electrons. The molecule has 144 valence electrons. The van der Waals surface area contributed by atoms with Crippen LogP contribution >= 0.6 is 0 Å². The van der Waals surface area contributed by atoms with Crippen molar-refractivity contribution in [1.29, 1.82) is 0 Å². The number of piperazine rings is 1. The molecule has 1 aromatic rings. The summed E-state index contributed by atoms with van der Waals surface area (Å²) in [7, 11) is 0. The minimum atomic E-state index is 0.0860. The summed E-state index contributed by atoms with van der Waals surface area (Å²) >= 11 is 0. The van der Waals surface area contributed by atoms with Gasteiger partial charge >= 0.3 is 6.03 Å². The summed E-state index contributed by atoms with van der Waals surface area (Å²) < 4.78 is 0. The molecule has 2 fully saturated rings. The van der Waals surface area contributed by atoms with Gasteiger partial charge in [-0.3, -0.25) is 4.90 Å². The molecule has 0 aliphatic carbocycles. The number of benzene rings is 1. The number of amides is 2. The Morgan fingerprint density at radius 3 is 2.46 bits per heavy atom. The van der Waals surface area contributed by atoms with Gasteiger partial charge in [-0.05, 0) is 36.4 Å². The fourth-order valence-corrected chi connectivity index (χ4v) is 4.05. The maximum absolute atomic E-state index is 12.5. The quantitative estimate of drug-likeness (QED) is 0.880. The van der Waals surface area contributed by atoms with Gasteiger partial charge < -0.3 is 15.1 Å². The third-order valence-corrected chi connectivity index (χ3v) is 5.80. The largest absolute Gasteiger partial charge is 0.334 e. The Balaban J connectivity index is 1.53. The molecule has 1 unspecified atom stereocenters. The number of nitrogens with one attached hydrogen (secondary N) is 1. The zero-order valence-corrected chi connectivity index (χ0v) is 16.4. The Morgan fingerprint density at radius 1 is 1.08 bits per heavy atom. The van der Waals surface area contributed by atoms with Gasteiger partial charge in [0.15, 0.2) is 0 Å². The number of rotatable bonds is 5. The number of likely N-dealkylation sites (N-methyl/N-ethyl adjacent to an activating group) is 1. The molecule has 3 rings (SSSR count). The van der Waals surface area contributed by atoms with Gasteiger partial charge in [0.05, 0.1) is 0 Å². The predicted molar refractivity (Wildman–Crippen MR) is 106 cm³/mol. The third kappa shape index (κ3) is 5.21. The van der Waals surface area contributed by atoms with E-state index in [9.17, 15) is 4.79 Å². The molecule has 2 aliphatic rings. The summed E-state index contributed by atoms with van der Waals surface area (Å²) in [6.45, 7) is 13.5. The second-order valence-electron chi connectivity index (χ2n) is 7.83. The Labute approximate surface area is 158 Å². The van der Waals surface area contributed by atoms with Gasteiger partial charge in [0.2, 0.25) is 0 Å². The van der Waals surface area contributed by atoms with E-state index in [1.807, 2.05) is 4.90 Å². The van der Waals surface area contributed by atoms with Crippen molar-refractivity contribution in [1.82, 2.24) is 20.0 Å². The van der Waals surface area contributed by atoms with E-state index < -0.39 is 0 Å². The highest BCUT2D eigenvalue weighted by atomic mass is 16.2. The van der Waals surface area contributed by atoms with Crippen LogP contribution in [-0.2, 0) is 13.1 Å². The molecule has 2 amide bonds. The Bertz CT molecular complexity index is 583. The van der Waals surface area contributed by atoms with E-state index in [2.05, 4.69) is 53.2 Å². The van der Waals surface area contributed by atoms with Crippen molar-refractivity contribution < 1.29 is 4.79 Å².